The van der Waals surface area contributed by atoms with Crippen molar-refractivity contribution >= 4 is 28.4 Å². The molecule has 4 heteroatoms. The van der Waals surface area contributed by atoms with Crippen LogP contribution in [0.25, 0.3) is 0 Å². The maximum atomic E-state index is 6.13. The molecule has 15 heavy (non-hydrogen) atoms. The van der Waals surface area contributed by atoms with E-state index in [1.807, 2.05) is 18.3 Å². The van der Waals surface area contributed by atoms with Crippen molar-refractivity contribution in [3.8, 4) is 5.75 Å². The number of aromatic nitrogens is 1. The van der Waals surface area contributed by atoms with E-state index in [0.29, 0.717) is 3.92 Å². The lowest BCUT2D eigenvalue weighted by Crippen LogP contribution is -2.35. The summed E-state index contributed by atoms with van der Waals surface area (Å²) >= 11 is 2.51. The molecule has 1 saturated carbocycles. The van der Waals surface area contributed by atoms with Gasteiger partial charge in [0.25, 0.3) is 0 Å². The Hall–Kier alpha value is -0.520. The molecule has 1 aliphatic carbocycles. The molecule has 1 unspecified atom stereocenters. The zero-order valence-corrected chi connectivity index (χ0v) is 10.8. The maximum absolute atomic E-state index is 6.13. The molecule has 0 amide bonds. The molecule has 3 rings (SSSR count). The fourth-order valence-electron chi connectivity index (χ4n) is 2.06. The first-order valence-corrected chi connectivity index (χ1v) is 6.45. The van der Waals surface area contributed by atoms with Gasteiger partial charge in [0.2, 0.25) is 0 Å². The van der Waals surface area contributed by atoms with Crippen LogP contribution in [-0.2, 0) is 0 Å². The minimum atomic E-state index is 0.100. The van der Waals surface area contributed by atoms with E-state index in [1.54, 1.807) is 0 Å². The summed E-state index contributed by atoms with van der Waals surface area (Å²) in [6, 6.07) is 3.96. The lowest BCUT2D eigenvalue weighted by molar-refractivity contribution is 0.188. The van der Waals surface area contributed by atoms with Crippen LogP contribution in [0, 0.1) is 0 Å². The summed E-state index contributed by atoms with van der Waals surface area (Å²) in [6.45, 7) is 1.02. The number of hydrogen-bond donors (Lipinski definition) is 0. The molecule has 1 aliphatic heterocycles. The topological polar surface area (TPSA) is 25.4 Å². The highest BCUT2D eigenvalue weighted by molar-refractivity contribution is 14.1. The quantitative estimate of drug-likeness (QED) is 0.542. The minimum absolute atomic E-state index is 0.100. The molecular formula is C11H13IN2O. The van der Waals surface area contributed by atoms with E-state index in [1.165, 1.54) is 12.8 Å². The summed E-state index contributed by atoms with van der Waals surface area (Å²) in [4.78, 5) is 6.58. The molecule has 1 spiro atoms. The molecule has 2 heterocycles. The highest BCUT2D eigenvalue weighted by Gasteiger charge is 2.53. The van der Waals surface area contributed by atoms with E-state index >= 15 is 0 Å². The lowest BCUT2D eigenvalue weighted by Gasteiger charge is -2.21. The van der Waals surface area contributed by atoms with Gasteiger partial charge in [0.1, 0.15) is 5.60 Å². The predicted molar refractivity (Wildman–Crippen MR) is 67.9 cm³/mol. The zero-order chi connectivity index (χ0) is 10.5. The molecule has 0 bridgehead atoms. The molecule has 1 fully saturated rings. The average Bonchev–Trinajstić information content (AvgIpc) is 2.99. The predicted octanol–water partition coefficient (Wildman–Crippen LogP) is 2.25. The van der Waals surface area contributed by atoms with Crippen LogP contribution in [-0.4, -0.2) is 28.1 Å². The number of alkyl halides is 1. The first-order chi connectivity index (χ1) is 7.21. The number of halogens is 1. The first-order valence-electron chi connectivity index (χ1n) is 5.20. The molecule has 0 saturated heterocycles. The van der Waals surface area contributed by atoms with Crippen molar-refractivity contribution in [3.05, 3.63) is 18.3 Å². The second kappa shape index (κ2) is 3.23. The molecule has 0 aromatic carbocycles. The van der Waals surface area contributed by atoms with Gasteiger partial charge in [0.05, 0.1) is 3.92 Å². The number of pyridine rings is 1. The number of hydrogen-bond acceptors (Lipinski definition) is 3. The Morgan fingerprint density at radius 3 is 3.13 bits per heavy atom. The summed E-state index contributed by atoms with van der Waals surface area (Å²) < 4.78 is 6.68. The Kier molecular flexibility index (Phi) is 2.09. The number of fused-ring (bicyclic) bond motifs is 1. The van der Waals surface area contributed by atoms with Gasteiger partial charge in [-0.2, -0.15) is 0 Å². The van der Waals surface area contributed by atoms with E-state index in [4.69, 9.17) is 4.74 Å². The highest BCUT2D eigenvalue weighted by atomic mass is 127. The van der Waals surface area contributed by atoms with Gasteiger partial charge in [-0.25, -0.2) is 4.98 Å². The molecule has 2 aliphatic rings. The summed E-state index contributed by atoms with van der Waals surface area (Å²) in [5, 5.41) is 0. The lowest BCUT2D eigenvalue weighted by atomic mass is 10.2. The number of ether oxygens (including phenoxy) is 1. The van der Waals surface area contributed by atoms with Crippen LogP contribution in [0.3, 0.4) is 0 Å². The Labute approximate surface area is 103 Å². The third-order valence-corrected chi connectivity index (χ3v) is 4.70. The molecule has 1 aromatic heterocycles. The van der Waals surface area contributed by atoms with Crippen molar-refractivity contribution in [3.63, 3.8) is 0 Å². The summed E-state index contributed by atoms with van der Waals surface area (Å²) in [7, 11) is 2.09. The van der Waals surface area contributed by atoms with Crippen molar-refractivity contribution in [2.75, 3.05) is 18.5 Å². The highest BCUT2D eigenvalue weighted by Crippen LogP contribution is 2.49. The fourth-order valence-corrected chi connectivity index (χ4v) is 3.40. The van der Waals surface area contributed by atoms with E-state index in [0.717, 1.165) is 18.1 Å². The summed E-state index contributed by atoms with van der Waals surface area (Å²) in [5.74, 6) is 1.92. The number of nitrogens with zero attached hydrogens (tertiary/aromatic N) is 2. The Morgan fingerprint density at radius 1 is 1.60 bits per heavy atom. The average molecular weight is 316 g/mol. The minimum Gasteiger partial charge on any atom is -0.482 e. The van der Waals surface area contributed by atoms with Gasteiger partial charge in [-0.3, -0.25) is 0 Å². The Bertz CT molecular complexity index is 392. The molecule has 1 aromatic rings. The van der Waals surface area contributed by atoms with Crippen molar-refractivity contribution in [1.82, 2.24) is 4.98 Å². The molecule has 1 atom stereocenters. The van der Waals surface area contributed by atoms with Crippen LogP contribution in [0.2, 0.25) is 0 Å². The summed E-state index contributed by atoms with van der Waals surface area (Å²) in [6.07, 6.45) is 4.19. The van der Waals surface area contributed by atoms with Gasteiger partial charge in [-0.1, -0.05) is 22.6 Å². The van der Waals surface area contributed by atoms with Crippen molar-refractivity contribution in [2.45, 2.75) is 22.4 Å². The Balaban J connectivity index is 2.04. The summed E-state index contributed by atoms with van der Waals surface area (Å²) in [5.41, 5.74) is 0.100. The van der Waals surface area contributed by atoms with Crippen LogP contribution in [0.15, 0.2) is 18.3 Å². The fraction of sp³-hybridized carbons (Fsp3) is 0.545. The largest absolute Gasteiger partial charge is 0.482 e. The van der Waals surface area contributed by atoms with Crippen LogP contribution >= 0.6 is 22.6 Å². The first kappa shape index (κ1) is 9.69. The zero-order valence-electron chi connectivity index (χ0n) is 8.61. The number of rotatable bonds is 0. The van der Waals surface area contributed by atoms with Gasteiger partial charge < -0.3 is 9.64 Å². The molecule has 80 valence electrons. The molecule has 0 radical (unpaired) electrons. The molecular weight excluding hydrogens is 303 g/mol. The van der Waals surface area contributed by atoms with Crippen LogP contribution in [0.4, 0.5) is 5.82 Å². The van der Waals surface area contributed by atoms with E-state index in [2.05, 4.69) is 39.5 Å². The van der Waals surface area contributed by atoms with Gasteiger partial charge >= 0.3 is 0 Å². The second-order valence-electron chi connectivity index (χ2n) is 4.34. The molecule has 0 N–H and O–H groups in total. The van der Waals surface area contributed by atoms with Crippen LogP contribution in [0.1, 0.15) is 12.8 Å². The van der Waals surface area contributed by atoms with E-state index < -0.39 is 0 Å². The van der Waals surface area contributed by atoms with Gasteiger partial charge in [0.15, 0.2) is 11.6 Å². The second-order valence-corrected chi connectivity index (χ2v) is 5.84. The maximum Gasteiger partial charge on any atom is 0.171 e. The van der Waals surface area contributed by atoms with Crippen molar-refractivity contribution in [2.24, 2.45) is 0 Å². The van der Waals surface area contributed by atoms with E-state index in [9.17, 15) is 0 Å². The third kappa shape index (κ3) is 1.49. The van der Waals surface area contributed by atoms with Crippen LogP contribution in [0.5, 0.6) is 5.75 Å². The van der Waals surface area contributed by atoms with Gasteiger partial charge in [-0.15, -0.1) is 0 Å². The van der Waals surface area contributed by atoms with Crippen molar-refractivity contribution in [1.29, 1.82) is 0 Å². The standard InChI is InChI=1S/C11H13IN2O/c1-14-7-9(12)11(4-5-11)15-8-3-2-6-13-10(8)14/h2-3,6,9H,4-5,7H2,1H3. The normalized spacial score (nSPS) is 26.8. The van der Waals surface area contributed by atoms with Crippen LogP contribution < -0.4 is 9.64 Å². The van der Waals surface area contributed by atoms with Crippen molar-refractivity contribution < 1.29 is 4.74 Å². The van der Waals surface area contributed by atoms with Gasteiger partial charge in [0, 0.05) is 19.8 Å². The Morgan fingerprint density at radius 2 is 2.40 bits per heavy atom. The molecule has 3 nitrogen and oxygen atoms in total. The SMILES string of the molecule is CN1CC(I)C2(CC2)Oc2cccnc21. The smallest absolute Gasteiger partial charge is 0.171 e. The van der Waals surface area contributed by atoms with E-state index in [-0.39, 0.29) is 5.60 Å². The number of anilines is 1. The third-order valence-electron chi connectivity index (χ3n) is 3.17. The monoisotopic (exact) mass is 316 g/mol. The van der Waals surface area contributed by atoms with Gasteiger partial charge in [-0.05, 0) is 25.0 Å².